The number of rotatable bonds is 4. The number of ether oxygens (including phenoxy) is 1. The van der Waals surface area contributed by atoms with Gasteiger partial charge in [0.15, 0.2) is 0 Å². The Morgan fingerprint density at radius 2 is 2.06 bits per heavy atom. The van der Waals surface area contributed by atoms with E-state index in [2.05, 4.69) is 6.58 Å². The van der Waals surface area contributed by atoms with Crippen LogP contribution in [0.1, 0.15) is 11.7 Å². The molecule has 1 aromatic rings. The Bertz CT molecular complexity index is 413. The fraction of sp³-hybridized carbons (Fsp3) is 0.100. The summed E-state index contributed by atoms with van der Waals surface area (Å²) in [5, 5.41) is 10.4. The van der Waals surface area contributed by atoms with Crippen molar-refractivity contribution in [2.24, 2.45) is 5.73 Å². The van der Waals surface area contributed by atoms with E-state index in [-0.39, 0.29) is 5.69 Å². The average molecular weight is 222 g/mol. The molecular formula is C10H10N2O4. The number of nitrogens with two attached hydrogens (primary N) is 1. The number of hydrogen-bond donors (Lipinski definition) is 1. The summed E-state index contributed by atoms with van der Waals surface area (Å²) in [5.41, 5.74) is 5.40. The lowest BCUT2D eigenvalue weighted by Crippen LogP contribution is -2.16. The third kappa shape index (κ3) is 2.81. The maximum absolute atomic E-state index is 10.6. The van der Waals surface area contributed by atoms with Crippen LogP contribution in [0.5, 0.6) is 0 Å². The van der Waals surface area contributed by atoms with Crippen LogP contribution < -0.4 is 5.73 Å². The number of nitro groups is 1. The quantitative estimate of drug-likeness (QED) is 0.478. The Balaban J connectivity index is 2.90. The molecule has 0 unspecified atom stereocenters. The normalized spacial score (nSPS) is 11.5. The van der Waals surface area contributed by atoms with Crippen molar-refractivity contribution >= 4 is 11.8 Å². The van der Waals surface area contributed by atoms with E-state index in [1.54, 1.807) is 0 Å². The summed E-state index contributed by atoms with van der Waals surface area (Å²) in [5.74, 6) is 0. The molecule has 0 spiro atoms. The van der Waals surface area contributed by atoms with E-state index < -0.39 is 17.1 Å². The molecule has 0 radical (unpaired) electrons. The Morgan fingerprint density at radius 3 is 2.44 bits per heavy atom. The van der Waals surface area contributed by atoms with Gasteiger partial charge in [-0.3, -0.25) is 10.1 Å². The number of carbonyl (C=O) groups excluding carboxylic acids is 1. The summed E-state index contributed by atoms with van der Waals surface area (Å²) in [6.07, 6.45) is -0.243. The molecule has 6 heteroatoms. The molecular weight excluding hydrogens is 212 g/mol. The standard InChI is InChI=1S/C10H10N2O4/c1-2-9(16-10(11)13)7-3-5-8(6-4-7)12(14)15/h2-6,9H,1H2,(H2,11,13)/t9-/m0/s1. The Morgan fingerprint density at radius 1 is 1.50 bits per heavy atom. The van der Waals surface area contributed by atoms with Crippen molar-refractivity contribution < 1.29 is 14.5 Å². The Kier molecular flexibility index (Phi) is 3.60. The zero-order valence-corrected chi connectivity index (χ0v) is 8.33. The number of benzene rings is 1. The molecule has 0 fully saturated rings. The van der Waals surface area contributed by atoms with Crippen LogP contribution in [0.4, 0.5) is 10.5 Å². The molecule has 16 heavy (non-hydrogen) atoms. The van der Waals surface area contributed by atoms with Gasteiger partial charge >= 0.3 is 6.09 Å². The maximum atomic E-state index is 10.6. The van der Waals surface area contributed by atoms with Gasteiger partial charge in [0.1, 0.15) is 6.10 Å². The van der Waals surface area contributed by atoms with Crippen LogP contribution in [0.3, 0.4) is 0 Å². The number of carbonyl (C=O) groups is 1. The number of non-ortho nitro benzene ring substituents is 1. The zero-order valence-electron chi connectivity index (χ0n) is 8.33. The van der Waals surface area contributed by atoms with Gasteiger partial charge in [0.05, 0.1) is 4.92 Å². The average Bonchev–Trinajstić information content (AvgIpc) is 2.25. The van der Waals surface area contributed by atoms with Crippen LogP contribution in [0.15, 0.2) is 36.9 Å². The van der Waals surface area contributed by atoms with Gasteiger partial charge in [0.25, 0.3) is 5.69 Å². The maximum Gasteiger partial charge on any atom is 0.405 e. The van der Waals surface area contributed by atoms with Gasteiger partial charge in [-0.2, -0.15) is 0 Å². The van der Waals surface area contributed by atoms with Crippen molar-refractivity contribution in [3.63, 3.8) is 0 Å². The molecule has 0 saturated heterocycles. The van der Waals surface area contributed by atoms with E-state index in [1.165, 1.54) is 30.3 Å². The molecule has 0 aliphatic rings. The van der Waals surface area contributed by atoms with Gasteiger partial charge in [0, 0.05) is 12.1 Å². The summed E-state index contributed by atoms with van der Waals surface area (Å²) in [6.45, 7) is 3.48. The van der Waals surface area contributed by atoms with Crippen molar-refractivity contribution in [3.05, 3.63) is 52.6 Å². The van der Waals surface area contributed by atoms with Crippen LogP contribution in [-0.4, -0.2) is 11.0 Å². The Labute approximate surface area is 91.5 Å². The first-order valence-corrected chi connectivity index (χ1v) is 4.37. The molecule has 6 nitrogen and oxygen atoms in total. The molecule has 0 aliphatic heterocycles. The van der Waals surface area contributed by atoms with Crippen molar-refractivity contribution in [2.75, 3.05) is 0 Å². The van der Waals surface area contributed by atoms with Crippen molar-refractivity contribution in [1.82, 2.24) is 0 Å². The molecule has 84 valence electrons. The fourth-order valence-electron chi connectivity index (χ4n) is 1.16. The summed E-state index contributed by atoms with van der Waals surface area (Å²) < 4.78 is 4.74. The minimum absolute atomic E-state index is 0.0364. The van der Waals surface area contributed by atoms with E-state index in [4.69, 9.17) is 10.5 Å². The molecule has 1 atom stereocenters. The summed E-state index contributed by atoms with van der Waals surface area (Å²) >= 11 is 0. The van der Waals surface area contributed by atoms with Gasteiger partial charge < -0.3 is 10.5 Å². The second kappa shape index (κ2) is 4.92. The largest absolute Gasteiger partial charge is 0.437 e. The van der Waals surface area contributed by atoms with Gasteiger partial charge in [-0.15, -0.1) is 0 Å². The molecule has 1 aromatic carbocycles. The monoisotopic (exact) mass is 222 g/mol. The van der Waals surface area contributed by atoms with E-state index in [0.717, 1.165) is 0 Å². The molecule has 0 bridgehead atoms. The highest BCUT2D eigenvalue weighted by molar-refractivity contribution is 5.65. The van der Waals surface area contributed by atoms with Crippen LogP contribution in [0, 0.1) is 10.1 Å². The first-order chi connectivity index (χ1) is 7.54. The fourth-order valence-corrected chi connectivity index (χ4v) is 1.16. The highest BCUT2D eigenvalue weighted by Crippen LogP contribution is 2.21. The molecule has 0 aliphatic carbocycles. The highest BCUT2D eigenvalue weighted by Gasteiger charge is 2.12. The smallest absolute Gasteiger partial charge is 0.405 e. The molecule has 0 aromatic heterocycles. The molecule has 0 heterocycles. The van der Waals surface area contributed by atoms with Gasteiger partial charge in [-0.05, 0) is 23.8 Å². The number of primary amides is 1. The molecule has 1 rings (SSSR count). The topological polar surface area (TPSA) is 95.5 Å². The van der Waals surface area contributed by atoms with Crippen LogP contribution >= 0.6 is 0 Å². The molecule has 1 amide bonds. The predicted octanol–water partition coefficient (Wildman–Crippen LogP) is 1.92. The lowest BCUT2D eigenvalue weighted by atomic mass is 10.1. The summed E-state index contributed by atoms with van der Waals surface area (Å²) in [6, 6.07) is 5.59. The second-order valence-corrected chi connectivity index (χ2v) is 2.94. The third-order valence-corrected chi connectivity index (χ3v) is 1.89. The number of hydrogen-bond acceptors (Lipinski definition) is 4. The van der Waals surface area contributed by atoms with Gasteiger partial charge in [-0.1, -0.05) is 6.58 Å². The third-order valence-electron chi connectivity index (χ3n) is 1.89. The number of amides is 1. The predicted molar refractivity (Wildman–Crippen MR) is 56.7 cm³/mol. The van der Waals surface area contributed by atoms with Crippen LogP contribution in [-0.2, 0) is 4.74 Å². The SMILES string of the molecule is C=C[C@H](OC(N)=O)c1ccc([N+](=O)[O-])cc1. The number of nitrogens with zero attached hydrogens (tertiary/aromatic N) is 1. The van der Waals surface area contributed by atoms with Crippen molar-refractivity contribution in [2.45, 2.75) is 6.10 Å². The van der Waals surface area contributed by atoms with Crippen molar-refractivity contribution in [1.29, 1.82) is 0 Å². The lowest BCUT2D eigenvalue weighted by molar-refractivity contribution is -0.384. The minimum atomic E-state index is -0.928. The molecule has 2 N–H and O–H groups in total. The van der Waals surface area contributed by atoms with E-state index in [9.17, 15) is 14.9 Å². The summed E-state index contributed by atoms with van der Waals surface area (Å²) in [7, 11) is 0. The van der Waals surface area contributed by atoms with E-state index in [0.29, 0.717) is 5.56 Å². The van der Waals surface area contributed by atoms with Crippen molar-refractivity contribution in [3.8, 4) is 0 Å². The van der Waals surface area contributed by atoms with Gasteiger partial charge in [0.2, 0.25) is 0 Å². The molecule has 0 saturated carbocycles. The minimum Gasteiger partial charge on any atom is -0.437 e. The van der Waals surface area contributed by atoms with E-state index in [1.807, 2.05) is 0 Å². The zero-order chi connectivity index (χ0) is 12.1. The second-order valence-electron chi connectivity index (χ2n) is 2.94. The van der Waals surface area contributed by atoms with Gasteiger partial charge in [-0.25, -0.2) is 4.79 Å². The van der Waals surface area contributed by atoms with Crippen LogP contribution in [0.2, 0.25) is 0 Å². The number of nitro benzene ring substituents is 1. The first-order valence-electron chi connectivity index (χ1n) is 4.37. The Hall–Kier alpha value is -2.37. The lowest BCUT2D eigenvalue weighted by Gasteiger charge is -2.11. The summed E-state index contributed by atoms with van der Waals surface area (Å²) in [4.78, 5) is 20.5. The van der Waals surface area contributed by atoms with Crippen LogP contribution in [0.25, 0.3) is 0 Å². The van der Waals surface area contributed by atoms with E-state index >= 15 is 0 Å². The first kappa shape index (κ1) is 11.7. The highest BCUT2D eigenvalue weighted by atomic mass is 16.6.